The molecule has 26 heavy (non-hydrogen) atoms. The van der Waals surface area contributed by atoms with Crippen molar-refractivity contribution in [2.75, 3.05) is 13.2 Å². The van der Waals surface area contributed by atoms with Crippen LogP contribution in [0.1, 0.15) is 48.2 Å². The van der Waals surface area contributed by atoms with E-state index in [1.807, 2.05) is 43.3 Å². The zero-order valence-corrected chi connectivity index (χ0v) is 16.1. The molecule has 0 bridgehead atoms. The largest absolute Gasteiger partial charge is 0.494 e. The Labute approximate surface area is 160 Å². The highest BCUT2D eigenvalue weighted by Gasteiger charge is 2.11. The predicted octanol–water partition coefficient (Wildman–Crippen LogP) is 4.99. The van der Waals surface area contributed by atoms with Crippen molar-refractivity contribution < 1.29 is 14.3 Å². The Bertz CT molecular complexity index is 701. The first-order valence-corrected chi connectivity index (χ1v) is 9.38. The van der Waals surface area contributed by atoms with Crippen LogP contribution in [0.4, 0.5) is 0 Å². The van der Waals surface area contributed by atoms with Crippen LogP contribution in [0.5, 0.6) is 5.75 Å². The van der Waals surface area contributed by atoms with E-state index in [1.54, 1.807) is 6.07 Å². The quantitative estimate of drug-likeness (QED) is 0.595. The van der Waals surface area contributed by atoms with E-state index in [1.165, 1.54) is 0 Å². The Morgan fingerprint density at radius 2 is 1.88 bits per heavy atom. The fourth-order valence-corrected chi connectivity index (χ4v) is 2.57. The van der Waals surface area contributed by atoms with E-state index >= 15 is 0 Å². The molecule has 0 aliphatic rings. The molecule has 2 aromatic rings. The van der Waals surface area contributed by atoms with Crippen LogP contribution in [0.25, 0.3) is 0 Å². The van der Waals surface area contributed by atoms with Gasteiger partial charge in [0.1, 0.15) is 5.75 Å². The van der Waals surface area contributed by atoms with Gasteiger partial charge >= 0.3 is 0 Å². The highest BCUT2D eigenvalue weighted by molar-refractivity contribution is 6.30. The normalized spacial score (nSPS) is 10.6. The zero-order chi connectivity index (χ0) is 18.8. The Kier molecular flexibility index (Phi) is 8.45. The number of ether oxygens (including phenoxy) is 2. The molecule has 2 rings (SSSR count). The summed E-state index contributed by atoms with van der Waals surface area (Å²) in [6, 6.07) is 12.9. The molecule has 0 atom stereocenters. The van der Waals surface area contributed by atoms with Crippen molar-refractivity contribution in [1.82, 2.24) is 5.32 Å². The molecule has 0 aromatic heterocycles. The molecule has 0 spiro atoms. The van der Waals surface area contributed by atoms with Crippen molar-refractivity contribution in [1.29, 1.82) is 0 Å². The summed E-state index contributed by atoms with van der Waals surface area (Å²) < 4.78 is 11.3. The summed E-state index contributed by atoms with van der Waals surface area (Å²) in [6.45, 7) is 6.23. The molecule has 0 fully saturated rings. The molecular weight excluding hydrogens is 350 g/mol. The van der Waals surface area contributed by atoms with Crippen LogP contribution in [0, 0.1) is 0 Å². The van der Waals surface area contributed by atoms with Crippen molar-refractivity contribution in [3.05, 3.63) is 64.2 Å². The minimum Gasteiger partial charge on any atom is -0.494 e. The summed E-state index contributed by atoms with van der Waals surface area (Å²) in [4.78, 5) is 12.5. The number of amides is 1. The van der Waals surface area contributed by atoms with E-state index in [0.29, 0.717) is 37.0 Å². The summed E-state index contributed by atoms with van der Waals surface area (Å²) in [5.74, 6) is 0.635. The van der Waals surface area contributed by atoms with Gasteiger partial charge in [-0.3, -0.25) is 4.79 Å². The lowest BCUT2D eigenvalue weighted by molar-refractivity contribution is 0.0949. The molecule has 0 radical (unpaired) electrons. The van der Waals surface area contributed by atoms with Gasteiger partial charge in [-0.25, -0.2) is 0 Å². The number of carbonyl (C=O) groups excluding carboxylic acids is 1. The number of hydrogen-bond acceptors (Lipinski definition) is 3. The first kappa shape index (κ1) is 20.3. The fourth-order valence-electron chi connectivity index (χ4n) is 2.44. The second kappa shape index (κ2) is 10.8. The van der Waals surface area contributed by atoms with E-state index in [0.717, 1.165) is 29.7 Å². The summed E-state index contributed by atoms with van der Waals surface area (Å²) in [5, 5.41) is 3.61. The Balaban J connectivity index is 2.02. The number of rotatable bonds is 10. The number of halogens is 1. The van der Waals surface area contributed by atoms with Crippen LogP contribution in [0.2, 0.25) is 5.02 Å². The lowest BCUT2D eigenvalue weighted by Crippen LogP contribution is -2.23. The highest BCUT2D eigenvalue weighted by Crippen LogP contribution is 2.22. The van der Waals surface area contributed by atoms with Crippen molar-refractivity contribution in [2.45, 2.75) is 39.8 Å². The molecule has 0 aliphatic carbocycles. The third-order valence-corrected chi connectivity index (χ3v) is 4.14. The van der Waals surface area contributed by atoms with E-state index in [4.69, 9.17) is 21.1 Å². The third-order valence-electron chi connectivity index (χ3n) is 3.89. The van der Waals surface area contributed by atoms with Gasteiger partial charge in [0.2, 0.25) is 0 Å². The zero-order valence-electron chi connectivity index (χ0n) is 15.4. The standard InChI is InChI=1S/C21H26ClNO3/c1-3-5-12-25-15-18-13-17(8-11-20(18)26-4-2)21(24)23-14-16-6-9-19(22)10-7-16/h6-11,13H,3-5,12,14-15H2,1-2H3,(H,23,24). The first-order chi connectivity index (χ1) is 12.6. The topological polar surface area (TPSA) is 47.6 Å². The maximum atomic E-state index is 12.5. The maximum Gasteiger partial charge on any atom is 0.251 e. The molecule has 0 aliphatic heterocycles. The Hall–Kier alpha value is -2.04. The summed E-state index contributed by atoms with van der Waals surface area (Å²) in [6.07, 6.45) is 2.11. The van der Waals surface area contributed by atoms with Gasteiger partial charge in [-0.2, -0.15) is 0 Å². The fraction of sp³-hybridized carbons (Fsp3) is 0.381. The van der Waals surface area contributed by atoms with Crippen molar-refractivity contribution in [3.63, 3.8) is 0 Å². The lowest BCUT2D eigenvalue weighted by Gasteiger charge is -2.13. The minimum atomic E-state index is -0.127. The van der Waals surface area contributed by atoms with Gasteiger partial charge in [0.25, 0.3) is 5.91 Å². The number of benzene rings is 2. The van der Waals surface area contributed by atoms with Crippen molar-refractivity contribution in [2.24, 2.45) is 0 Å². The molecule has 0 heterocycles. The third kappa shape index (κ3) is 6.36. The van der Waals surface area contributed by atoms with Crippen LogP contribution in [0.15, 0.2) is 42.5 Å². The molecule has 4 nitrogen and oxygen atoms in total. The molecule has 1 N–H and O–H groups in total. The highest BCUT2D eigenvalue weighted by atomic mass is 35.5. The first-order valence-electron chi connectivity index (χ1n) is 9.00. The maximum absolute atomic E-state index is 12.5. The van der Waals surface area contributed by atoms with Crippen molar-refractivity contribution >= 4 is 17.5 Å². The van der Waals surface area contributed by atoms with Gasteiger partial charge in [0.15, 0.2) is 0 Å². The SMILES string of the molecule is CCCCOCc1cc(C(=O)NCc2ccc(Cl)cc2)ccc1OCC. The second-order valence-electron chi connectivity index (χ2n) is 5.97. The second-order valence-corrected chi connectivity index (χ2v) is 6.41. The van der Waals surface area contributed by atoms with Crippen LogP contribution < -0.4 is 10.1 Å². The van der Waals surface area contributed by atoms with E-state index < -0.39 is 0 Å². The molecule has 5 heteroatoms. The molecule has 1 amide bonds. The molecule has 2 aromatic carbocycles. The monoisotopic (exact) mass is 375 g/mol. The molecule has 140 valence electrons. The average molecular weight is 376 g/mol. The van der Waals surface area contributed by atoms with E-state index in [-0.39, 0.29) is 5.91 Å². The van der Waals surface area contributed by atoms with Crippen LogP contribution in [-0.2, 0) is 17.9 Å². The van der Waals surface area contributed by atoms with Crippen LogP contribution in [-0.4, -0.2) is 19.1 Å². The molecule has 0 saturated carbocycles. The average Bonchev–Trinajstić information content (AvgIpc) is 2.66. The van der Waals surface area contributed by atoms with Crippen molar-refractivity contribution in [3.8, 4) is 5.75 Å². The van der Waals surface area contributed by atoms with Gasteiger partial charge in [-0.15, -0.1) is 0 Å². The van der Waals surface area contributed by atoms with Crippen LogP contribution >= 0.6 is 11.6 Å². The summed E-state index contributed by atoms with van der Waals surface area (Å²) >= 11 is 5.88. The predicted molar refractivity (Wildman–Crippen MR) is 105 cm³/mol. The van der Waals surface area contributed by atoms with Gasteiger partial charge in [0, 0.05) is 29.3 Å². The van der Waals surface area contributed by atoms with E-state index in [9.17, 15) is 4.79 Å². The number of unbranched alkanes of at least 4 members (excludes halogenated alkanes) is 1. The molecular formula is C21H26ClNO3. The molecule has 0 saturated heterocycles. The van der Waals surface area contributed by atoms with Crippen LogP contribution in [0.3, 0.4) is 0 Å². The van der Waals surface area contributed by atoms with Gasteiger partial charge in [-0.1, -0.05) is 37.1 Å². The lowest BCUT2D eigenvalue weighted by atomic mass is 10.1. The number of hydrogen-bond donors (Lipinski definition) is 1. The summed E-state index contributed by atoms with van der Waals surface area (Å²) in [5.41, 5.74) is 2.48. The molecule has 0 unspecified atom stereocenters. The van der Waals surface area contributed by atoms with Gasteiger partial charge < -0.3 is 14.8 Å². The minimum absolute atomic E-state index is 0.127. The smallest absolute Gasteiger partial charge is 0.251 e. The Morgan fingerprint density at radius 1 is 1.12 bits per heavy atom. The number of carbonyl (C=O) groups is 1. The Morgan fingerprint density at radius 3 is 2.58 bits per heavy atom. The number of nitrogens with one attached hydrogen (secondary N) is 1. The summed E-state index contributed by atoms with van der Waals surface area (Å²) in [7, 11) is 0. The van der Waals surface area contributed by atoms with Gasteiger partial charge in [-0.05, 0) is 49.2 Å². The van der Waals surface area contributed by atoms with Gasteiger partial charge in [0.05, 0.1) is 13.2 Å². The van der Waals surface area contributed by atoms with E-state index in [2.05, 4.69) is 12.2 Å².